The van der Waals surface area contributed by atoms with Gasteiger partial charge in [-0.2, -0.15) is 0 Å². The van der Waals surface area contributed by atoms with E-state index < -0.39 is 11.1 Å². The lowest BCUT2D eigenvalue weighted by Gasteiger charge is -2.48. The summed E-state index contributed by atoms with van der Waals surface area (Å²) in [7, 11) is 0. The number of rotatable bonds is 5. The molecule has 0 saturated heterocycles. The maximum absolute atomic E-state index is 14.7. The minimum Gasteiger partial charge on any atom is -0.504 e. The van der Waals surface area contributed by atoms with Crippen LogP contribution in [0.4, 0.5) is 11.5 Å². The number of ether oxygens (including phenoxy) is 1. The smallest absolute Gasteiger partial charge is 0.258 e. The summed E-state index contributed by atoms with van der Waals surface area (Å²) in [6.45, 7) is 10.2. The number of fused-ring (bicyclic) bond motifs is 3. The van der Waals surface area contributed by atoms with Crippen molar-refractivity contribution < 1.29 is 14.6 Å². The molecule has 4 heterocycles. The molecule has 0 radical (unpaired) electrons. The summed E-state index contributed by atoms with van der Waals surface area (Å²) in [6.07, 6.45) is 4.06. The van der Waals surface area contributed by atoms with E-state index in [0.717, 1.165) is 46.3 Å². The van der Waals surface area contributed by atoms with Gasteiger partial charge < -0.3 is 20.5 Å². The number of carbonyl (C=O) groups is 1. The number of phenolic OH excluding ortho intramolecular Hbond substituents is 1. The topological polar surface area (TPSA) is 123 Å². The number of aromatic hydroxyl groups is 1. The molecule has 3 aromatic carbocycles. The number of benzene rings is 3. The maximum Gasteiger partial charge on any atom is 0.258 e. The fourth-order valence-electron chi connectivity index (χ4n) is 7.60. The van der Waals surface area contributed by atoms with Crippen LogP contribution in [0.25, 0.3) is 22.3 Å². The SMILES string of the molecule is CCC1N(n2nc(-c3ccc(O)c4c3CC(C)(C)O4)c3c(N)ncnc32)c2cccc(C)c2C(=O)N1C1(c2cccc(C)c2)CC1. The average molecular weight is 616 g/mol. The van der Waals surface area contributed by atoms with Crippen LogP contribution in [0.15, 0.2) is 60.9 Å². The molecule has 0 bridgehead atoms. The Morgan fingerprint density at radius 1 is 1.07 bits per heavy atom. The zero-order chi connectivity index (χ0) is 32.1. The maximum atomic E-state index is 14.7. The number of aryl methyl sites for hydroxylation is 2. The summed E-state index contributed by atoms with van der Waals surface area (Å²) in [5, 5.41) is 18.7. The van der Waals surface area contributed by atoms with Gasteiger partial charge in [0.15, 0.2) is 17.1 Å². The third-order valence-corrected chi connectivity index (χ3v) is 9.77. The third kappa shape index (κ3) is 3.95. The molecule has 1 unspecified atom stereocenters. The molecule has 10 heteroatoms. The van der Waals surface area contributed by atoms with Crippen LogP contribution in [0.5, 0.6) is 11.5 Å². The van der Waals surface area contributed by atoms with E-state index in [4.69, 9.17) is 20.6 Å². The molecule has 234 valence electrons. The Morgan fingerprint density at radius 2 is 1.85 bits per heavy atom. The molecular weight excluding hydrogens is 578 g/mol. The van der Waals surface area contributed by atoms with Crippen LogP contribution in [0.1, 0.15) is 72.6 Å². The highest BCUT2D eigenvalue weighted by molar-refractivity contribution is 6.05. The van der Waals surface area contributed by atoms with Gasteiger partial charge in [-0.05, 0) is 76.3 Å². The molecule has 1 aliphatic carbocycles. The number of hydrogen-bond acceptors (Lipinski definition) is 8. The second kappa shape index (κ2) is 9.69. The van der Waals surface area contributed by atoms with E-state index in [1.54, 1.807) is 10.9 Å². The zero-order valence-corrected chi connectivity index (χ0v) is 26.7. The number of nitrogens with zero attached hydrogens (tertiary/aromatic N) is 6. The van der Waals surface area contributed by atoms with Gasteiger partial charge in [-0.15, -0.1) is 9.89 Å². The number of carbonyl (C=O) groups excluding carboxylic acids is 1. The van der Waals surface area contributed by atoms with Gasteiger partial charge in [-0.3, -0.25) is 4.79 Å². The van der Waals surface area contributed by atoms with E-state index in [1.165, 1.54) is 6.33 Å². The molecule has 1 saturated carbocycles. The summed E-state index contributed by atoms with van der Waals surface area (Å²) in [6, 6.07) is 17.9. The number of nitrogens with two attached hydrogens (primary N) is 1. The fraction of sp³-hybridized carbons (Fsp3) is 0.333. The minimum absolute atomic E-state index is 0.0248. The monoisotopic (exact) mass is 615 g/mol. The average Bonchev–Trinajstić information content (AvgIpc) is 3.62. The van der Waals surface area contributed by atoms with Gasteiger partial charge in [-0.25, -0.2) is 15.0 Å². The predicted octanol–water partition coefficient (Wildman–Crippen LogP) is 6.26. The number of aromatic nitrogens is 4. The van der Waals surface area contributed by atoms with Crippen molar-refractivity contribution in [2.24, 2.45) is 0 Å². The number of anilines is 2. The first-order chi connectivity index (χ1) is 22.0. The quantitative estimate of drug-likeness (QED) is 0.238. The van der Waals surface area contributed by atoms with E-state index >= 15 is 0 Å². The molecular formula is C36H37N7O3. The summed E-state index contributed by atoms with van der Waals surface area (Å²) in [4.78, 5) is 27.7. The van der Waals surface area contributed by atoms with Crippen molar-refractivity contribution in [3.8, 4) is 22.8 Å². The Morgan fingerprint density at radius 3 is 2.59 bits per heavy atom. The molecule has 5 aromatic rings. The predicted molar refractivity (Wildman–Crippen MR) is 177 cm³/mol. The number of phenols is 1. The zero-order valence-electron chi connectivity index (χ0n) is 26.7. The van der Waals surface area contributed by atoms with Gasteiger partial charge in [0, 0.05) is 17.5 Å². The molecule has 8 rings (SSSR count). The highest BCUT2D eigenvalue weighted by atomic mass is 16.5. The first-order valence-electron chi connectivity index (χ1n) is 15.9. The normalized spacial score (nSPS) is 19.2. The van der Waals surface area contributed by atoms with Gasteiger partial charge in [0.1, 0.15) is 29.6 Å². The Balaban J connectivity index is 1.38. The summed E-state index contributed by atoms with van der Waals surface area (Å²) < 4.78 is 6.17. The van der Waals surface area contributed by atoms with Crippen molar-refractivity contribution in [2.45, 2.75) is 77.6 Å². The third-order valence-electron chi connectivity index (χ3n) is 9.77. The van der Waals surface area contributed by atoms with Crippen molar-refractivity contribution in [2.75, 3.05) is 10.7 Å². The fourth-order valence-corrected chi connectivity index (χ4v) is 7.60. The van der Waals surface area contributed by atoms with Crippen molar-refractivity contribution in [1.82, 2.24) is 24.8 Å². The van der Waals surface area contributed by atoms with Crippen LogP contribution in [0, 0.1) is 13.8 Å². The van der Waals surface area contributed by atoms with Crippen molar-refractivity contribution in [3.63, 3.8) is 0 Å². The molecule has 0 spiro atoms. The van der Waals surface area contributed by atoms with Crippen LogP contribution >= 0.6 is 0 Å². The van der Waals surface area contributed by atoms with Crippen molar-refractivity contribution in [1.29, 1.82) is 0 Å². The molecule has 46 heavy (non-hydrogen) atoms. The van der Waals surface area contributed by atoms with Crippen LogP contribution in [-0.2, 0) is 12.0 Å². The molecule has 3 aliphatic rings. The lowest BCUT2D eigenvalue weighted by molar-refractivity contribution is 0.0455. The number of hydrogen-bond donors (Lipinski definition) is 2. The van der Waals surface area contributed by atoms with Gasteiger partial charge in [0.2, 0.25) is 0 Å². The molecule has 2 aromatic heterocycles. The van der Waals surface area contributed by atoms with Gasteiger partial charge in [0.05, 0.1) is 22.2 Å². The van der Waals surface area contributed by atoms with Gasteiger partial charge >= 0.3 is 0 Å². The Bertz CT molecular complexity index is 2080. The van der Waals surface area contributed by atoms with Gasteiger partial charge in [0.25, 0.3) is 5.91 Å². The van der Waals surface area contributed by atoms with E-state index in [9.17, 15) is 9.90 Å². The second-order valence-corrected chi connectivity index (χ2v) is 13.5. The Labute approximate surface area is 267 Å². The largest absolute Gasteiger partial charge is 0.504 e. The Hall–Kier alpha value is -5.12. The lowest BCUT2D eigenvalue weighted by Crippen LogP contribution is -2.60. The van der Waals surface area contributed by atoms with E-state index in [-0.39, 0.29) is 17.8 Å². The number of amides is 1. The van der Waals surface area contributed by atoms with Gasteiger partial charge in [-0.1, -0.05) is 48.9 Å². The molecule has 1 atom stereocenters. The van der Waals surface area contributed by atoms with Crippen LogP contribution in [0.2, 0.25) is 0 Å². The van der Waals surface area contributed by atoms with E-state index in [1.807, 2.05) is 45.0 Å². The summed E-state index contributed by atoms with van der Waals surface area (Å²) in [5.74, 6) is 0.865. The first kappa shape index (κ1) is 28.4. The lowest BCUT2D eigenvalue weighted by atomic mass is 9.94. The Kier molecular flexibility index (Phi) is 5.97. The highest BCUT2D eigenvalue weighted by Gasteiger charge is 2.57. The second-order valence-electron chi connectivity index (χ2n) is 13.5. The minimum atomic E-state index is -0.498. The standard InChI is InChI=1S/C36H37N7O3/c1-6-27-41(36(15-16-36)22-11-7-9-20(2)17-22)34(45)28-21(3)10-8-12-25(28)42(27)43-33-29(32(37)38-19-39-33)30(40-43)23-13-14-26(44)31-24(23)18-35(4,5)46-31/h7-14,17,19,27,44H,6,15-16,18H2,1-5H3,(H2,37,38,39). The van der Waals surface area contributed by atoms with Crippen LogP contribution in [0.3, 0.4) is 0 Å². The number of nitrogen functional groups attached to an aromatic ring is 1. The highest BCUT2D eigenvalue weighted by Crippen LogP contribution is 2.55. The molecule has 1 fully saturated rings. The van der Waals surface area contributed by atoms with Crippen LogP contribution < -0.4 is 15.5 Å². The van der Waals surface area contributed by atoms with E-state index in [0.29, 0.717) is 46.7 Å². The van der Waals surface area contributed by atoms with Crippen molar-refractivity contribution in [3.05, 3.63) is 88.7 Å². The summed E-state index contributed by atoms with van der Waals surface area (Å²) in [5.41, 5.74) is 13.1. The first-order valence-corrected chi connectivity index (χ1v) is 15.9. The molecule has 3 N–H and O–H groups in total. The molecule has 1 amide bonds. The summed E-state index contributed by atoms with van der Waals surface area (Å²) >= 11 is 0. The molecule has 2 aliphatic heterocycles. The molecule has 10 nitrogen and oxygen atoms in total. The van der Waals surface area contributed by atoms with E-state index in [2.05, 4.69) is 53.0 Å². The van der Waals surface area contributed by atoms with Crippen molar-refractivity contribution >= 4 is 28.4 Å². The van der Waals surface area contributed by atoms with Crippen LogP contribution in [-0.4, -0.2) is 47.5 Å².